The summed E-state index contributed by atoms with van der Waals surface area (Å²) >= 11 is 0. The standard InChI is InChI=1S/C26H51NO5S/c1-4-7-8-9-10-11-12-13-14-15-16-17-18-19-20-21-26(28)27-23-22-25(24(5-2)6-3)32-33(29,30)31/h13-14,24-25H,4-12,15-23H2,1-3H3,(H,27,28)(H,29,30,31)/b14-13-. The first kappa shape index (κ1) is 32.1. The first-order valence-electron chi connectivity index (χ1n) is 13.4. The van der Waals surface area contributed by atoms with E-state index in [0.29, 0.717) is 19.4 Å². The summed E-state index contributed by atoms with van der Waals surface area (Å²) in [5, 5.41) is 2.85. The lowest BCUT2D eigenvalue weighted by molar-refractivity contribution is -0.121. The van der Waals surface area contributed by atoms with Crippen LogP contribution < -0.4 is 5.32 Å². The quantitative estimate of drug-likeness (QED) is 0.0902. The van der Waals surface area contributed by atoms with Crippen molar-refractivity contribution in [3.8, 4) is 0 Å². The zero-order valence-electron chi connectivity index (χ0n) is 21.5. The van der Waals surface area contributed by atoms with E-state index in [1.54, 1.807) is 0 Å². The second kappa shape index (κ2) is 21.6. The lowest BCUT2D eigenvalue weighted by Crippen LogP contribution is -2.32. The Kier molecular flexibility index (Phi) is 21.0. The summed E-state index contributed by atoms with van der Waals surface area (Å²) in [5.74, 6) is 0.0111. The van der Waals surface area contributed by atoms with E-state index in [-0.39, 0.29) is 11.8 Å². The average Bonchev–Trinajstić information content (AvgIpc) is 2.76. The van der Waals surface area contributed by atoms with E-state index in [2.05, 4.69) is 24.4 Å². The van der Waals surface area contributed by atoms with Crippen molar-refractivity contribution in [3.05, 3.63) is 12.2 Å². The lowest BCUT2D eigenvalue weighted by Gasteiger charge is -2.23. The van der Waals surface area contributed by atoms with Crippen LogP contribution in [0, 0.1) is 5.92 Å². The first-order valence-corrected chi connectivity index (χ1v) is 14.8. The van der Waals surface area contributed by atoms with Crippen LogP contribution in [0.2, 0.25) is 0 Å². The molecular formula is C26H51NO5S. The Morgan fingerprint density at radius 2 is 1.36 bits per heavy atom. The minimum Gasteiger partial charge on any atom is -0.356 e. The number of hydrogen-bond donors (Lipinski definition) is 2. The van der Waals surface area contributed by atoms with Gasteiger partial charge in [-0.25, -0.2) is 4.18 Å². The zero-order chi connectivity index (χ0) is 24.8. The van der Waals surface area contributed by atoms with Gasteiger partial charge in [-0.15, -0.1) is 0 Å². The molecular weight excluding hydrogens is 438 g/mol. The Bertz CT molecular complexity index is 587. The lowest BCUT2D eigenvalue weighted by atomic mass is 9.94. The van der Waals surface area contributed by atoms with Gasteiger partial charge in [-0.2, -0.15) is 8.42 Å². The molecule has 0 fully saturated rings. The Morgan fingerprint density at radius 3 is 1.88 bits per heavy atom. The molecule has 0 saturated carbocycles. The molecule has 7 heteroatoms. The molecule has 0 aromatic rings. The molecule has 1 atom stereocenters. The van der Waals surface area contributed by atoms with Crippen LogP contribution in [0.5, 0.6) is 0 Å². The molecule has 196 valence electrons. The van der Waals surface area contributed by atoms with Crippen molar-refractivity contribution < 1.29 is 21.9 Å². The fraction of sp³-hybridized carbons (Fsp3) is 0.885. The summed E-state index contributed by atoms with van der Waals surface area (Å²) in [6, 6.07) is 0. The topological polar surface area (TPSA) is 92.7 Å². The maximum Gasteiger partial charge on any atom is 0.397 e. The van der Waals surface area contributed by atoms with Crippen LogP contribution in [-0.2, 0) is 19.4 Å². The van der Waals surface area contributed by atoms with Crippen molar-refractivity contribution in [2.24, 2.45) is 5.92 Å². The predicted octanol–water partition coefficient (Wildman–Crippen LogP) is 7.15. The summed E-state index contributed by atoms with van der Waals surface area (Å²) in [7, 11) is -4.49. The SMILES string of the molecule is CCCCCCCC/C=C\CCCCCCCC(=O)NCCC(OS(=O)(=O)O)C(CC)CC. The fourth-order valence-corrected chi connectivity index (χ4v) is 4.70. The van der Waals surface area contributed by atoms with Gasteiger partial charge in [0, 0.05) is 13.0 Å². The number of carbonyl (C=O) groups excluding carboxylic acids is 1. The summed E-state index contributed by atoms with van der Waals surface area (Å²) in [4.78, 5) is 12.0. The number of allylic oxidation sites excluding steroid dienone is 2. The van der Waals surface area contributed by atoms with Crippen molar-refractivity contribution in [1.82, 2.24) is 5.32 Å². The number of unbranched alkanes of at least 4 members (excludes halogenated alkanes) is 11. The molecule has 1 amide bonds. The maximum atomic E-state index is 12.0. The minimum absolute atomic E-state index is 0.0113. The highest BCUT2D eigenvalue weighted by atomic mass is 32.3. The van der Waals surface area contributed by atoms with E-state index in [0.717, 1.165) is 38.5 Å². The van der Waals surface area contributed by atoms with E-state index < -0.39 is 16.5 Å². The monoisotopic (exact) mass is 489 g/mol. The summed E-state index contributed by atoms with van der Waals surface area (Å²) < 4.78 is 36.0. The van der Waals surface area contributed by atoms with Crippen LogP contribution >= 0.6 is 0 Å². The molecule has 0 aliphatic rings. The van der Waals surface area contributed by atoms with E-state index in [4.69, 9.17) is 8.74 Å². The Balaban J connectivity index is 3.71. The Hall–Kier alpha value is -0.920. The molecule has 1 unspecified atom stereocenters. The average molecular weight is 490 g/mol. The molecule has 0 aliphatic carbocycles. The molecule has 0 rings (SSSR count). The van der Waals surface area contributed by atoms with E-state index in [1.807, 2.05) is 13.8 Å². The number of amides is 1. The van der Waals surface area contributed by atoms with Gasteiger partial charge in [0.05, 0.1) is 6.10 Å². The van der Waals surface area contributed by atoms with Gasteiger partial charge in [-0.1, -0.05) is 97.1 Å². The largest absolute Gasteiger partial charge is 0.397 e. The molecule has 0 spiro atoms. The van der Waals surface area contributed by atoms with Gasteiger partial charge in [0.25, 0.3) is 0 Å². The summed E-state index contributed by atoms with van der Waals surface area (Å²) in [6.07, 6.45) is 22.4. The van der Waals surface area contributed by atoms with Gasteiger partial charge < -0.3 is 5.32 Å². The molecule has 33 heavy (non-hydrogen) atoms. The third-order valence-electron chi connectivity index (χ3n) is 6.24. The highest BCUT2D eigenvalue weighted by molar-refractivity contribution is 7.80. The van der Waals surface area contributed by atoms with E-state index in [1.165, 1.54) is 57.8 Å². The molecule has 0 heterocycles. The van der Waals surface area contributed by atoms with Crippen LogP contribution in [0.15, 0.2) is 12.2 Å². The van der Waals surface area contributed by atoms with Crippen molar-refractivity contribution in [1.29, 1.82) is 0 Å². The number of hydrogen-bond acceptors (Lipinski definition) is 4. The highest BCUT2D eigenvalue weighted by Crippen LogP contribution is 2.20. The van der Waals surface area contributed by atoms with Gasteiger partial charge in [0.2, 0.25) is 5.91 Å². The molecule has 0 radical (unpaired) electrons. The maximum absolute atomic E-state index is 12.0. The Labute approximate surface area is 204 Å². The fourth-order valence-electron chi connectivity index (χ4n) is 4.13. The van der Waals surface area contributed by atoms with Gasteiger partial charge in [-0.05, 0) is 44.4 Å². The van der Waals surface area contributed by atoms with Crippen LogP contribution in [0.25, 0.3) is 0 Å². The van der Waals surface area contributed by atoms with Crippen molar-refractivity contribution >= 4 is 16.3 Å². The molecule has 2 N–H and O–H groups in total. The van der Waals surface area contributed by atoms with Crippen molar-refractivity contribution in [2.45, 2.75) is 136 Å². The molecule has 0 aromatic carbocycles. The predicted molar refractivity (Wildman–Crippen MR) is 138 cm³/mol. The van der Waals surface area contributed by atoms with E-state index >= 15 is 0 Å². The Morgan fingerprint density at radius 1 is 0.848 bits per heavy atom. The van der Waals surface area contributed by atoms with Gasteiger partial charge in [-0.3, -0.25) is 9.35 Å². The van der Waals surface area contributed by atoms with Gasteiger partial charge >= 0.3 is 10.4 Å². The molecule has 0 bridgehead atoms. The van der Waals surface area contributed by atoms with Crippen LogP contribution in [0.1, 0.15) is 130 Å². The van der Waals surface area contributed by atoms with Crippen LogP contribution in [-0.4, -0.2) is 31.5 Å². The van der Waals surface area contributed by atoms with Gasteiger partial charge in [0.15, 0.2) is 0 Å². The molecule has 0 aliphatic heterocycles. The highest BCUT2D eigenvalue weighted by Gasteiger charge is 2.24. The van der Waals surface area contributed by atoms with Gasteiger partial charge in [0.1, 0.15) is 0 Å². The molecule has 0 aromatic heterocycles. The number of rotatable bonds is 23. The normalized spacial score (nSPS) is 13.1. The second-order valence-electron chi connectivity index (χ2n) is 9.11. The molecule has 0 saturated heterocycles. The smallest absolute Gasteiger partial charge is 0.356 e. The number of carbonyl (C=O) groups is 1. The van der Waals surface area contributed by atoms with Crippen LogP contribution in [0.3, 0.4) is 0 Å². The van der Waals surface area contributed by atoms with Crippen molar-refractivity contribution in [2.75, 3.05) is 6.54 Å². The van der Waals surface area contributed by atoms with Crippen molar-refractivity contribution in [3.63, 3.8) is 0 Å². The summed E-state index contributed by atoms with van der Waals surface area (Å²) in [5.41, 5.74) is 0. The first-order chi connectivity index (χ1) is 15.8. The molecule has 6 nitrogen and oxygen atoms in total. The minimum atomic E-state index is -4.49. The zero-order valence-corrected chi connectivity index (χ0v) is 22.3. The third-order valence-corrected chi connectivity index (χ3v) is 6.73. The van der Waals surface area contributed by atoms with Crippen LogP contribution in [0.4, 0.5) is 0 Å². The summed E-state index contributed by atoms with van der Waals surface area (Å²) in [6.45, 7) is 6.52. The second-order valence-corrected chi connectivity index (χ2v) is 10.2. The number of nitrogens with one attached hydrogen (secondary N) is 1. The van der Waals surface area contributed by atoms with E-state index in [9.17, 15) is 13.2 Å². The third kappa shape index (κ3) is 21.4.